The third kappa shape index (κ3) is 4.89. The van der Waals surface area contributed by atoms with Crippen molar-refractivity contribution in [1.29, 1.82) is 0 Å². The molecule has 0 aromatic carbocycles. The van der Waals surface area contributed by atoms with Gasteiger partial charge in [-0.15, -0.1) is 0 Å². The molecule has 18 heavy (non-hydrogen) atoms. The molecule has 1 heterocycles. The standard InChI is InChI=1S/C11H20N2O5/c1-18-11(17)12-9-4-8(2-3-14)5-13(6-9)7-10(15)16/h8-9,14H,2-7H2,1H3,(H,12,17)(H,15,16). The summed E-state index contributed by atoms with van der Waals surface area (Å²) < 4.78 is 4.53. The van der Waals surface area contributed by atoms with Crippen LogP contribution >= 0.6 is 0 Å². The van der Waals surface area contributed by atoms with Crippen LogP contribution < -0.4 is 5.32 Å². The zero-order chi connectivity index (χ0) is 13.5. The molecule has 0 aromatic heterocycles. The molecule has 7 heteroatoms. The number of nitrogens with zero attached hydrogens (tertiary/aromatic N) is 1. The van der Waals surface area contributed by atoms with Crippen LogP contribution in [-0.2, 0) is 9.53 Å². The molecule has 104 valence electrons. The second kappa shape index (κ2) is 7.17. The number of nitrogens with one attached hydrogen (secondary N) is 1. The minimum atomic E-state index is -0.892. The van der Waals surface area contributed by atoms with E-state index >= 15 is 0 Å². The molecule has 0 saturated carbocycles. The fraction of sp³-hybridized carbons (Fsp3) is 0.818. The van der Waals surface area contributed by atoms with Crippen molar-refractivity contribution < 1.29 is 24.5 Å². The number of alkyl carbamates (subject to hydrolysis) is 1. The van der Waals surface area contributed by atoms with Crippen LogP contribution in [0.2, 0.25) is 0 Å². The summed E-state index contributed by atoms with van der Waals surface area (Å²) in [6.07, 6.45) is 0.821. The molecule has 0 spiro atoms. The molecule has 0 radical (unpaired) electrons. The lowest BCUT2D eigenvalue weighted by atomic mass is 9.92. The van der Waals surface area contributed by atoms with Gasteiger partial charge in [0.15, 0.2) is 0 Å². The number of carboxylic acid groups (broad SMARTS) is 1. The van der Waals surface area contributed by atoms with Gasteiger partial charge in [-0.05, 0) is 18.8 Å². The largest absolute Gasteiger partial charge is 0.480 e. The summed E-state index contributed by atoms with van der Waals surface area (Å²) in [7, 11) is 1.29. The Kier molecular flexibility index (Phi) is 5.87. The van der Waals surface area contributed by atoms with Gasteiger partial charge in [0.2, 0.25) is 0 Å². The Hall–Kier alpha value is -1.34. The van der Waals surface area contributed by atoms with Gasteiger partial charge in [-0.3, -0.25) is 9.69 Å². The maximum Gasteiger partial charge on any atom is 0.407 e. The predicted molar refractivity (Wildman–Crippen MR) is 63.2 cm³/mol. The highest BCUT2D eigenvalue weighted by Crippen LogP contribution is 2.19. The van der Waals surface area contributed by atoms with Crippen molar-refractivity contribution in [3.8, 4) is 0 Å². The molecular formula is C11H20N2O5. The van der Waals surface area contributed by atoms with Crippen molar-refractivity contribution in [3.63, 3.8) is 0 Å². The number of ether oxygens (including phenoxy) is 1. The molecule has 0 bridgehead atoms. The fourth-order valence-electron chi connectivity index (χ4n) is 2.35. The Bertz CT molecular complexity index is 297. The average molecular weight is 260 g/mol. The number of methoxy groups -OCH3 is 1. The minimum absolute atomic E-state index is 0.0543. The maximum absolute atomic E-state index is 11.2. The molecule has 1 saturated heterocycles. The Morgan fingerprint density at radius 1 is 1.44 bits per heavy atom. The summed E-state index contributed by atoms with van der Waals surface area (Å²) in [5, 5.41) is 20.4. The molecule has 1 rings (SSSR count). The first-order valence-electron chi connectivity index (χ1n) is 5.94. The van der Waals surface area contributed by atoms with Crippen LogP contribution in [0, 0.1) is 5.92 Å². The second-order valence-electron chi connectivity index (χ2n) is 4.53. The highest BCUT2D eigenvalue weighted by Gasteiger charge is 2.29. The van der Waals surface area contributed by atoms with Crippen molar-refractivity contribution in [3.05, 3.63) is 0 Å². The van der Waals surface area contributed by atoms with E-state index in [-0.39, 0.29) is 25.1 Å². The maximum atomic E-state index is 11.2. The van der Waals surface area contributed by atoms with Crippen LogP contribution in [0.5, 0.6) is 0 Å². The number of carbonyl (C=O) groups is 2. The van der Waals surface area contributed by atoms with Gasteiger partial charge in [-0.2, -0.15) is 0 Å². The lowest BCUT2D eigenvalue weighted by Crippen LogP contribution is -2.52. The number of aliphatic hydroxyl groups is 1. The molecular weight excluding hydrogens is 240 g/mol. The Balaban J connectivity index is 2.55. The summed E-state index contributed by atoms with van der Waals surface area (Å²) in [5.41, 5.74) is 0. The number of amides is 1. The van der Waals surface area contributed by atoms with Crippen molar-refractivity contribution in [1.82, 2.24) is 10.2 Å². The van der Waals surface area contributed by atoms with E-state index in [2.05, 4.69) is 10.1 Å². The molecule has 0 aromatic rings. The zero-order valence-electron chi connectivity index (χ0n) is 10.5. The first kappa shape index (κ1) is 14.7. The number of piperidine rings is 1. The van der Waals surface area contributed by atoms with Gasteiger partial charge in [0.25, 0.3) is 0 Å². The van der Waals surface area contributed by atoms with Gasteiger partial charge < -0.3 is 20.3 Å². The monoisotopic (exact) mass is 260 g/mol. The Morgan fingerprint density at radius 3 is 2.72 bits per heavy atom. The van der Waals surface area contributed by atoms with E-state index < -0.39 is 12.1 Å². The molecule has 1 aliphatic rings. The summed E-state index contributed by atoms with van der Waals surface area (Å²) in [6, 6.07) is -0.137. The summed E-state index contributed by atoms with van der Waals surface area (Å²) in [5.74, 6) is -0.707. The van der Waals surface area contributed by atoms with Crippen molar-refractivity contribution in [2.75, 3.05) is 33.4 Å². The number of aliphatic carboxylic acids is 1. The van der Waals surface area contributed by atoms with Crippen molar-refractivity contribution >= 4 is 12.1 Å². The first-order chi connectivity index (χ1) is 8.55. The molecule has 1 aliphatic heterocycles. The molecule has 0 aliphatic carbocycles. The van der Waals surface area contributed by atoms with Gasteiger partial charge in [-0.1, -0.05) is 0 Å². The molecule has 1 amide bonds. The predicted octanol–water partition coefficient (Wildman–Crippen LogP) is -0.500. The second-order valence-corrected chi connectivity index (χ2v) is 4.53. The van der Waals surface area contributed by atoms with Gasteiger partial charge in [0.05, 0.1) is 13.7 Å². The number of carboxylic acids is 1. The van der Waals surface area contributed by atoms with Crippen LogP contribution in [0.15, 0.2) is 0 Å². The van der Waals surface area contributed by atoms with Crippen LogP contribution in [0.4, 0.5) is 4.79 Å². The quantitative estimate of drug-likeness (QED) is 0.616. The number of carbonyl (C=O) groups excluding carboxylic acids is 1. The summed E-state index contributed by atoms with van der Waals surface area (Å²) in [6.45, 7) is 1.13. The van der Waals surface area contributed by atoms with E-state index in [1.807, 2.05) is 0 Å². The van der Waals surface area contributed by atoms with E-state index in [1.165, 1.54) is 7.11 Å². The number of rotatable bonds is 5. The lowest BCUT2D eigenvalue weighted by Gasteiger charge is -2.36. The third-order valence-corrected chi connectivity index (χ3v) is 3.02. The van der Waals surface area contributed by atoms with Crippen LogP contribution in [0.1, 0.15) is 12.8 Å². The fourth-order valence-corrected chi connectivity index (χ4v) is 2.35. The van der Waals surface area contributed by atoms with Crippen molar-refractivity contribution in [2.24, 2.45) is 5.92 Å². The third-order valence-electron chi connectivity index (χ3n) is 3.02. The lowest BCUT2D eigenvalue weighted by molar-refractivity contribution is -0.138. The van der Waals surface area contributed by atoms with Gasteiger partial charge in [-0.25, -0.2) is 4.79 Å². The molecule has 2 unspecified atom stereocenters. The van der Waals surface area contributed by atoms with Gasteiger partial charge in [0.1, 0.15) is 0 Å². The van der Waals surface area contributed by atoms with E-state index in [0.29, 0.717) is 19.5 Å². The highest BCUT2D eigenvalue weighted by molar-refractivity contribution is 5.69. The minimum Gasteiger partial charge on any atom is -0.480 e. The van der Waals surface area contributed by atoms with E-state index in [4.69, 9.17) is 10.2 Å². The van der Waals surface area contributed by atoms with Crippen molar-refractivity contribution in [2.45, 2.75) is 18.9 Å². The summed E-state index contributed by atoms with van der Waals surface area (Å²) >= 11 is 0. The number of hydrogen-bond acceptors (Lipinski definition) is 5. The first-order valence-corrected chi connectivity index (χ1v) is 5.94. The van der Waals surface area contributed by atoms with Crippen LogP contribution in [-0.4, -0.2) is 66.6 Å². The highest BCUT2D eigenvalue weighted by atomic mass is 16.5. The topological polar surface area (TPSA) is 99.1 Å². The molecule has 3 N–H and O–H groups in total. The normalized spacial score (nSPS) is 24.6. The average Bonchev–Trinajstić information content (AvgIpc) is 2.28. The van der Waals surface area contributed by atoms with E-state index in [1.54, 1.807) is 4.90 Å². The number of hydrogen-bond donors (Lipinski definition) is 3. The summed E-state index contributed by atoms with van der Waals surface area (Å²) in [4.78, 5) is 23.6. The molecule has 2 atom stereocenters. The smallest absolute Gasteiger partial charge is 0.407 e. The van der Waals surface area contributed by atoms with E-state index in [9.17, 15) is 9.59 Å². The van der Waals surface area contributed by atoms with Gasteiger partial charge >= 0.3 is 12.1 Å². The Morgan fingerprint density at radius 2 is 2.17 bits per heavy atom. The SMILES string of the molecule is COC(=O)NC1CC(CCO)CN(CC(=O)O)C1. The molecule has 7 nitrogen and oxygen atoms in total. The van der Waals surface area contributed by atoms with Crippen LogP contribution in [0.3, 0.4) is 0 Å². The number of likely N-dealkylation sites (tertiary alicyclic amines) is 1. The van der Waals surface area contributed by atoms with E-state index in [0.717, 1.165) is 6.42 Å². The number of aliphatic hydroxyl groups excluding tert-OH is 1. The molecule has 1 fully saturated rings. The van der Waals surface area contributed by atoms with Gasteiger partial charge in [0, 0.05) is 25.7 Å². The van der Waals surface area contributed by atoms with Crippen LogP contribution in [0.25, 0.3) is 0 Å². The Labute approximate surface area is 106 Å². The zero-order valence-corrected chi connectivity index (χ0v) is 10.5.